The Morgan fingerprint density at radius 3 is 2.90 bits per heavy atom. The van der Waals surface area contributed by atoms with Gasteiger partial charge >= 0.3 is 0 Å². The number of ether oxygens (including phenoxy) is 2. The molecule has 0 bridgehead atoms. The fraction of sp³-hybridized carbons (Fsp3) is 0.500. The Bertz CT molecular complexity index is 964. The summed E-state index contributed by atoms with van der Waals surface area (Å²) >= 11 is 1.43. The van der Waals surface area contributed by atoms with Crippen LogP contribution in [0.3, 0.4) is 0 Å². The first-order valence-corrected chi connectivity index (χ1v) is 11.0. The lowest BCUT2D eigenvalue weighted by molar-refractivity contribution is -0.125. The molecule has 1 atom stereocenters. The van der Waals surface area contributed by atoms with Gasteiger partial charge in [-0.25, -0.2) is 0 Å². The lowest BCUT2D eigenvalue weighted by atomic mass is 9.97. The Balaban J connectivity index is 1.18. The smallest absolute Gasteiger partial charge is 0.231 e. The number of benzene rings is 1. The van der Waals surface area contributed by atoms with E-state index >= 15 is 0 Å². The summed E-state index contributed by atoms with van der Waals surface area (Å²) in [6.07, 6.45) is 3.20. The molecule has 0 radical (unpaired) electrons. The van der Waals surface area contributed by atoms with Crippen LogP contribution in [0.4, 0.5) is 10.3 Å². The predicted molar refractivity (Wildman–Crippen MR) is 111 cm³/mol. The van der Waals surface area contributed by atoms with Crippen LogP contribution in [-0.4, -0.2) is 48.4 Å². The number of anilines is 2. The van der Waals surface area contributed by atoms with Gasteiger partial charge in [-0.1, -0.05) is 17.4 Å². The largest absolute Gasteiger partial charge is 0.454 e. The molecule has 2 saturated heterocycles. The Labute approximate surface area is 178 Å². The molecule has 3 aliphatic rings. The minimum absolute atomic E-state index is 0.0387. The quantitative estimate of drug-likeness (QED) is 0.776. The number of fused-ring (bicyclic) bond motifs is 1. The van der Waals surface area contributed by atoms with Crippen LogP contribution in [-0.2, 0) is 16.1 Å². The second-order valence-corrected chi connectivity index (χ2v) is 8.64. The number of aromatic nitrogens is 2. The van der Waals surface area contributed by atoms with Gasteiger partial charge in [-0.3, -0.25) is 14.5 Å². The third-order valence-electron chi connectivity index (χ3n) is 5.67. The minimum atomic E-state index is -0.103. The molecule has 158 valence electrons. The van der Waals surface area contributed by atoms with Crippen molar-refractivity contribution in [3.63, 3.8) is 0 Å². The molecule has 0 saturated carbocycles. The molecule has 3 aliphatic heterocycles. The number of nitrogens with one attached hydrogen (secondary N) is 1. The summed E-state index contributed by atoms with van der Waals surface area (Å²) < 4.78 is 10.7. The molecular formula is C20H23N5O4S. The lowest BCUT2D eigenvalue weighted by Crippen LogP contribution is -2.43. The van der Waals surface area contributed by atoms with Gasteiger partial charge in [-0.2, -0.15) is 0 Å². The zero-order valence-electron chi connectivity index (χ0n) is 16.5. The molecule has 1 aromatic carbocycles. The summed E-state index contributed by atoms with van der Waals surface area (Å²) in [6.45, 7) is 2.84. The van der Waals surface area contributed by atoms with E-state index in [1.165, 1.54) is 11.3 Å². The van der Waals surface area contributed by atoms with E-state index in [2.05, 4.69) is 20.4 Å². The van der Waals surface area contributed by atoms with Crippen molar-refractivity contribution >= 4 is 33.4 Å². The van der Waals surface area contributed by atoms with E-state index in [0.717, 1.165) is 42.3 Å². The normalized spacial score (nSPS) is 20.7. The summed E-state index contributed by atoms with van der Waals surface area (Å²) in [5.74, 6) is 1.50. The summed E-state index contributed by atoms with van der Waals surface area (Å²) in [4.78, 5) is 28.5. The van der Waals surface area contributed by atoms with Crippen molar-refractivity contribution in [3.05, 3.63) is 23.8 Å². The third-order valence-corrected chi connectivity index (χ3v) is 6.68. The van der Waals surface area contributed by atoms with E-state index in [9.17, 15) is 9.59 Å². The predicted octanol–water partition coefficient (Wildman–Crippen LogP) is 1.93. The molecule has 9 nitrogen and oxygen atoms in total. The fourth-order valence-corrected chi connectivity index (χ4v) is 4.97. The van der Waals surface area contributed by atoms with Gasteiger partial charge in [0.1, 0.15) is 0 Å². The van der Waals surface area contributed by atoms with Gasteiger partial charge < -0.3 is 19.7 Å². The number of hydrogen-bond acceptors (Lipinski definition) is 8. The van der Waals surface area contributed by atoms with Crippen LogP contribution in [0.2, 0.25) is 0 Å². The standard InChI is InChI=1S/C20H23N5O4S/c26-17-4-2-8-25(17)20-23-22-19(30-20)24-7-1-3-14(11-24)18(27)21-10-13-5-6-15-16(9-13)29-12-28-15/h5-6,9,14H,1-4,7-8,10-12H2,(H,21,27)/t14-/m1/s1. The number of amides is 2. The topological polar surface area (TPSA) is 96.9 Å². The Morgan fingerprint density at radius 1 is 1.17 bits per heavy atom. The first-order valence-electron chi connectivity index (χ1n) is 10.2. The Hall–Kier alpha value is -2.88. The van der Waals surface area contributed by atoms with Crippen molar-refractivity contribution in [1.29, 1.82) is 0 Å². The summed E-state index contributed by atoms with van der Waals surface area (Å²) in [5.41, 5.74) is 0.976. The molecule has 0 spiro atoms. The molecule has 2 amide bonds. The van der Waals surface area contributed by atoms with Crippen molar-refractivity contribution < 1.29 is 19.1 Å². The summed E-state index contributed by atoms with van der Waals surface area (Å²) in [6, 6.07) is 5.70. The molecular weight excluding hydrogens is 406 g/mol. The summed E-state index contributed by atoms with van der Waals surface area (Å²) in [7, 11) is 0. The zero-order chi connectivity index (χ0) is 20.5. The maximum absolute atomic E-state index is 12.8. The molecule has 5 rings (SSSR count). The van der Waals surface area contributed by atoms with Crippen LogP contribution in [0.1, 0.15) is 31.2 Å². The van der Waals surface area contributed by atoms with E-state index in [-0.39, 0.29) is 24.5 Å². The van der Waals surface area contributed by atoms with E-state index in [1.54, 1.807) is 4.90 Å². The van der Waals surface area contributed by atoms with Crippen LogP contribution in [0.15, 0.2) is 18.2 Å². The van der Waals surface area contributed by atoms with E-state index in [4.69, 9.17) is 9.47 Å². The Morgan fingerprint density at radius 2 is 2.03 bits per heavy atom. The van der Waals surface area contributed by atoms with Crippen LogP contribution in [0, 0.1) is 5.92 Å². The molecule has 0 unspecified atom stereocenters. The van der Waals surface area contributed by atoms with Crippen LogP contribution in [0.25, 0.3) is 0 Å². The molecule has 2 aromatic rings. The van der Waals surface area contributed by atoms with Crippen LogP contribution >= 0.6 is 11.3 Å². The number of nitrogens with zero attached hydrogens (tertiary/aromatic N) is 4. The van der Waals surface area contributed by atoms with E-state index in [1.807, 2.05) is 18.2 Å². The second kappa shape index (κ2) is 8.10. The van der Waals surface area contributed by atoms with Gasteiger partial charge in [0.15, 0.2) is 11.5 Å². The lowest BCUT2D eigenvalue weighted by Gasteiger charge is -2.31. The number of piperidine rings is 1. The highest BCUT2D eigenvalue weighted by atomic mass is 32.1. The second-order valence-electron chi connectivity index (χ2n) is 7.71. The van der Waals surface area contributed by atoms with Crippen molar-refractivity contribution in [2.45, 2.75) is 32.2 Å². The number of rotatable bonds is 5. The van der Waals surface area contributed by atoms with Crippen LogP contribution in [0.5, 0.6) is 11.5 Å². The molecule has 4 heterocycles. The number of carbonyl (C=O) groups is 2. The van der Waals surface area contributed by atoms with Gasteiger partial charge in [-0.05, 0) is 37.0 Å². The van der Waals surface area contributed by atoms with Gasteiger partial charge in [-0.15, -0.1) is 10.2 Å². The van der Waals surface area contributed by atoms with Gasteiger partial charge in [0, 0.05) is 32.6 Å². The fourth-order valence-electron chi connectivity index (χ4n) is 4.04. The van der Waals surface area contributed by atoms with Gasteiger partial charge in [0.05, 0.1) is 5.92 Å². The first-order chi connectivity index (χ1) is 14.7. The molecule has 1 aromatic heterocycles. The monoisotopic (exact) mass is 429 g/mol. The van der Waals surface area contributed by atoms with Crippen molar-refractivity contribution in [1.82, 2.24) is 15.5 Å². The minimum Gasteiger partial charge on any atom is -0.454 e. The summed E-state index contributed by atoms with van der Waals surface area (Å²) in [5, 5.41) is 13.0. The molecule has 2 fully saturated rings. The van der Waals surface area contributed by atoms with Crippen LogP contribution < -0.4 is 24.6 Å². The SMILES string of the molecule is O=C(NCc1ccc2c(c1)OCO2)[C@@H]1CCCN(c2nnc(N3CCCC3=O)s2)C1. The molecule has 10 heteroatoms. The van der Waals surface area contributed by atoms with E-state index in [0.29, 0.717) is 36.9 Å². The Kier molecular flexibility index (Phi) is 5.16. The van der Waals surface area contributed by atoms with E-state index < -0.39 is 0 Å². The maximum Gasteiger partial charge on any atom is 0.231 e. The number of hydrogen-bond donors (Lipinski definition) is 1. The average Bonchev–Trinajstić information content (AvgIpc) is 3.52. The highest BCUT2D eigenvalue weighted by Gasteiger charge is 2.30. The average molecular weight is 430 g/mol. The molecule has 0 aliphatic carbocycles. The molecule has 30 heavy (non-hydrogen) atoms. The van der Waals surface area contributed by atoms with Gasteiger partial charge in [0.25, 0.3) is 0 Å². The third kappa shape index (κ3) is 3.79. The van der Waals surface area contributed by atoms with Crippen molar-refractivity contribution in [3.8, 4) is 11.5 Å². The van der Waals surface area contributed by atoms with Crippen molar-refractivity contribution in [2.75, 3.05) is 36.2 Å². The highest BCUT2D eigenvalue weighted by Crippen LogP contribution is 2.33. The van der Waals surface area contributed by atoms with Gasteiger partial charge in [0.2, 0.25) is 28.9 Å². The maximum atomic E-state index is 12.8. The van der Waals surface area contributed by atoms with Crippen molar-refractivity contribution in [2.24, 2.45) is 5.92 Å². The first kappa shape index (κ1) is 19.1. The molecule has 1 N–H and O–H groups in total. The zero-order valence-corrected chi connectivity index (χ0v) is 17.3. The number of carbonyl (C=O) groups excluding carboxylic acids is 2. The highest BCUT2D eigenvalue weighted by molar-refractivity contribution is 7.19.